The van der Waals surface area contributed by atoms with Gasteiger partial charge in [0.15, 0.2) is 0 Å². The van der Waals surface area contributed by atoms with Crippen molar-refractivity contribution in [3.8, 4) is 0 Å². The zero-order valence-corrected chi connectivity index (χ0v) is 11.5. The van der Waals surface area contributed by atoms with Crippen LogP contribution in [0.1, 0.15) is 13.8 Å². The third-order valence-electron chi connectivity index (χ3n) is 2.90. The number of hydrogen-bond acceptors (Lipinski definition) is 3. The summed E-state index contributed by atoms with van der Waals surface area (Å²) in [5, 5.41) is 0. The molecule has 1 aliphatic heterocycles. The fourth-order valence-corrected chi connectivity index (χ4v) is 3.79. The van der Waals surface area contributed by atoms with Crippen LogP contribution < -0.4 is 0 Å². The first-order chi connectivity index (χ1) is 8.80. The minimum absolute atomic E-state index is 0.156. The van der Waals surface area contributed by atoms with E-state index in [4.69, 9.17) is 4.74 Å². The average molecular weight is 291 g/mol. The van der Waals surface area contributed by atoms with Crippen molar-refractivity contribution in [3.63, 3.8) is 0 Å². The molecule has 1 aromatic carbocycles. The monoisotopic (exact) mass is 291 g/mol. The van der Waals surface area contributed by atoms with Crippen molar-refractivity contribution in [2.45, 2.75) is 31.0 Å². The van der Waals surface area contributed by atoms with Gasteiger partial charge in [0.2, 0.25) is 10.0 Å². The SMILES string of the molecule is CC1CN(S(=O)(=O)c2ccc(F)cc2F)CC(C)O1. The average Bonchev–Trinajstić information content (AvgIpc) is 2.26. The van der Waals surface area contributed by atoms with Crippen LogP contribution in [0.2, 0.25) is 0 Å². The van der Waals surface area contributed by atoms with E-state index in [2.05, 4.69) is 0 Å². The van der Waals surface area contributed by atoms with E-state index in [1.54, 1.807) is 13.8 Å². The third kappa shape index (κ3) is 2.93. The summed E-state index contributed by atoms with van der Waals surface area (Å²) in [6.45, 7) is 3.81. The summed E-state index contributed by atoms with van der Waals surface area (Å²) in [4.78, 5) is -0.504. The number of benzene rings is 1. The molecule has 0 radical (unpaired) electrons. The fraction of sp³-hybridized carbons (Fsp3) is 0.500. The van der Waals surface area contributed by atoms with Gasteiger partial charge in [-0.05, 0) is 26.0 Å². The second-order valence-corrected chi connectivity index (χ2v) is 6.56. The van der Waals surface area contributed by atoms with Gasteiger partial charge < -0.3 is 4.74 Å². The summed E-state index contributed by atoms with van der Waals surface area (Å²) >= 11 is 0. The lowest BCUT2D eigenvalue weighted by molar-refractivity contribution is -0.0441. The number of halogens is 2. The highest BCUT2D eigenvalue weighted by molar-refractivity contribution is 7.89. The number of hydrogen-bond donors (Lipinski definition) is 0. The number of ether oxygens (including phenoxy) is 1. The van der Waals surface area contributed by atoms with Crippen molar-refractivity contribution in [3.05, 3.63) is 29.8 Å². The van der Waals surface area contributed by atoms with Crippen LogP contribution in [-0.2, 0) is 14.8 Å². The van der Waals surface area contributed by atoms with Gasteiger partial charge in [-0.3, -0.25) is 0 Å². The molecule has 0 saturated carbocycles. The first-order valence-corrected chi connectivity index (χ1v) is 7.35. The van der Waals surface area contributed by atoms with Gasteiger partial charge in [0.25, 0.3) is 0 Å². The molecule has 0 aliphatic carbocycles. The maximum absolute atomic E-state index is 13.6. The van der Waals surface area contributed by atoms with E-state index < -0.39 is 26.6 Å². The molecule has 0 amide bonds. The van der Waals surface area contributed by atoms with Gasteiger partial charge in [-0.25, -0.2) is 17.2 Å². The predicted octanol–water partition coefficient (Wildman–Crippen LogP) is 1.76. The Morgan fingerprint density at radius 2 is 1.79 bits per heavy atom. The van der Waals surface area contributed by atoms with Crippen LogP contribution in [0, 0.1) is 11.6 Å². The van der Waals surface area contributed by atoms with E-state index >= 15 is 0 Å². The zero-order chi connectivity index (χ0) is 14.2. The first-order valence-electron chi connectivity index (χ1n) is 5.91. The maximum atomic E-state index is 13.6. The Hall–Kier alpha value is -1.05. The molecule has 4 nitrogen and oxygen atoms in total. The molecular formula is C12H15F2NO3S. The van der Waals surface area contributed by atoms with Gasteiger partial charge in [0.05, 0.1) is 12.2 Å². The van der Waals surface area contributed by atoms with Crippen LogP contribution >= 0.6 is 0 Å². The van der Waals surface area contributed by atoms with Crippen molar-refractivity contribution in [1.29, 1.82) is 0 Å². The van der Waals surface area contributed by atoms with E-state index in [-0.39, 0.29) is 25.3 Å². The molecule has 2 rings (SSSR count). The Bertz CT molecular complexity index is 566. The Balaban J connectivity index is 2.36. The quantitative estimate of drug-likeness (QED) is 0.834. The molecule has 0 aromatic heterocycles. The van der Waals surface area contributed by atoms with Gasteiger partial charge in [-0.1, -0.05) is 0 Å². The molecule has 0 N–H and O–H groups in total. The molecule has 0 bridgehead atoms. The Morgan fingerprint density at radius 3 is 2.32 bits per heavy atom. The third-order valence-corrected chi connectivity index (χ3v) is 4.76. The van der Waals surface area contributed by atoms with Crippen molar-refractivity contribution in [2.24, 2.45) is 0 Å². The molecule has 2 atom stereocenters. The molecule has 1 fully saturated rings. The van der Waals surface area contributed by atoms with Crippen LogP contribution in [0.25, 0.3) is 0 Å². The summed E-state index contributed by atoms with van der Waals surface area (Å²) in [6.07, 6.45) is -0.524. The lowest BCUT2D eigenvalue weighted by Gasteiger charge is -2.34. The van der Waals surface area contributed by atoms with Gasteiger partial charge in [-0.15, -0.1) is 0 Å². The molecule has 1 aromatic rings. The van der Waals surface area contributed by atoms with Gasteiger partial charge in [0.1, 0.15) is 16.5 Å². The molecule has 7 heteroatoms. The minimum atomic E-state index is -3.96. The zero-order valence-electron chi connectivity index (χ0n) is 10.6. The molecule has 2 unspecified atom stereocenters. The molecule has 1 heterocycles. The Labute approximate surface area is 111 Å². The van der Waals surface area contributed by atoms with E-state index in [1.165, 1.54) is 4.31 Å². The molecule has 19 heavy (non-hydrogen) atoms. The van der Waals surface area contributed by atoms with Crippen molar-refractivity contribution in [2.75, 3.05) is 13.1 Å². The van der Waals surface area contributed by atoms with Crippen LogP contribution in [-0.4, -0.2) is 38.0 Å². The van der Waals surface area contributed by atoms with Crippen molar-refractivity contribution >= 4 is 10.0 Å². The molecule has 0 spiro atoms. The summed E-state index contributed by atoms with van der Waals surface area (Å²) in [7, 11) is -3.96. The molecule has 1 aliphatic rings. The van der Waals surface area contributed by atoms with Crippen molar-refractivity contribution in [1.82, 2.24) is 4.31 Å². The lowest BCUT2D eigenvalue weighted by atomic mass is 10.3. The predicted molar refractivity (Wildman–Crippen MR) is 65.1 cm³/mol. The van der Waals surface area contributed by atoms with E-state index in [1.807, 2.05) is 0 Å². The van der Waals surface area contributed by atoms with Gasteiger partial charge >= 0.3 is 0 Å². The van der Waals surface area contributed by atoms with Crippen LogP contribution in [0.4, 0.5) is 8.78 Å². The summed E-state index contributed by atoms with van der Waals surface area (Å²) < 4.78 is 57.7. The molecule has 106 valence electrons. The minimum Gasteiger partial charge on any atom is -0.373 e. The van der Waals surface area contributed by atoms with E-state index in [0.717, 1.165) is 12.1 Å². The van der Waals surface area contributed by atoms with Crippen LogP contribution in [0.3, 0.4) is 0 Å². The van der Waals surface area contributed by atoms with Gasteiger partial charge in [-0.2, -0.15) is 4.31 Å². The molecular weight excluding hydrogens is 276 g/mol. The largest absolute Gasteiger partial charge is 0.373 e. The Kier molecular flexibility index (Phi) is 3.89. The topological polar surface area (TPSA) is 46.6 Å². The van der Waals surface area contributed by atoms with E-state index in [0.29, 0.717) is 6.07 Å². The lowest BCUT2D eigenvalue weighted by Crippen LogP contribution is -2.48. The summed E-state index contributed by atoms with van der Waals surface area (Å²) in [5.74, 6) is -1.88. The highest BCUT2D eigenvalue weighted by Gasteiger charge is 2.33. The normalized spacial score (nSPS) is 25.5. The first kappa shape index (κ1) is 14.4. The van der Waals surface area contributed by atoms with E-state index in [9.17, 15) is 17.2 Å². The summed E-state index contributed by atoms with van der Waals surface area (Å²) in [6, 6.07) is 2.45. The number of morpholine rings is 1. The summed E-state index contributed by atoms with van der Waals surface area (Å²) in [5.41, 5.74) is 0. The number of sulfonamides is 1. The van der Waals surface area contributed by atoms with Crippen molar-refractivity contribution < 1.29 is 21.9 Å². The molecule has 1 saturated heterocycles. The number of rotatable bonds is 2. The number of nitrogens with zero attached hydrogens (tertiary/aromatic N) is 1. The standard InChI is InChI=1S/C12H15F2NO3S/c1-8-6-15(7-9(2)18-8)19(16,17)12-4-3-10(13)5-11(12)14/h3-5,8-9H,6-7H2,1-2H3. The van der Waals surface area contributed by atoms with Crippen LogP contribution in [0.5, 0.6) is 0 Å². The highest BCUT2D eigenvalue weighted by atomic mass is 32.2. The maximum Gasteiger partial charge on any atom is 0.246 e. The second kappa shape index (κ2) is 5.15. The van der Waals surface area contributed by atoms with Crippen LogP contribution in [0.15, 0.2) is 23.1 Å². The second-order valence-electron chi connectivity index (χ2n) is 4.65. The Morgan fingerprint density at radius 1 is 1.21 bits per heavy atom. The highest BCUT2D eigenvalue weighted by Crippen LogP contribution is 2.23. The van der Waals surface area contributed by atoms with Gasteiger partial charge in [0, 0.05) is 19.2 Å². The fourth-order valence-electron chi connectivity index (χ4n) is 2.15. The smallest absolute Gasteiger partial charge is 0.246 e.